The number of hydrogen-bond donors (Lipinski definition) is 3. The van der Waals surface area contributed by atoms with Crippen LogP contribution in [0.25, 0.3) is 0 Å². The van der Waals surface area contributed by atoms with Crippen molar-refractivity contribution in [2.45, 2.75) is 44.6 Å². The second-order valence-electron chi connectivity index (χ2n) is 5.96. The molecule has 1 fully saturated rings. The summed E-state index contributed by atoms with van der Waals surface area (Å²) in [4.78, 5) is 15.8. The summed E-state index contributed by atoms with van der Waals surface area (Å²) in [5.74, 6) is 0.973. The Morgan fingerprint density at radius 3 is 2.42 bits per heavy atom. The number of nitrogens with zero attached hydrogens (tertiary/aromatic N) is 1. The SMILES string of the molecule is CN=C(NCCCC(=O)NC1CC1)NCCCc1ccccc1.I. The van der Waals surface area contributed by atoms with Gasteiger partial charge in [0, 0.05) is 32.6 Å². The first-order valence-corrected chi connectivity index (χ1v) is 8.56. The molecule has 0 spiro atoms. The predicted molar refractivity (Wildman–Crippen MR) is 110 cm³/mol. The molecule has 0 radical (unpaired) electrons. The van der Waals surface area contributed by atoms with Gasteiger partial charge in [-0.2, -0.15) is 0 Å². The van der Waals surface area contributed by atoms with E-state index in [2.05, 4.69) is 45.2 Å². The van der Waals surface area contributed by atoms with Crippen LogP contribution in [0.3, 0.4) is 0 Å². The van der Waals surface area contributed by atoms with E-state index in [4.69, 9.17) is 0 Å². The molecule has 6 heteroatoms. The molecular weight excluding hydrogens is 415 g/mol. The van der Waals surface area contributed by atoms with E-state index in [1.807, 2.05) is 6.07 Å². The molecule has 0 aliphatic heterocycles. The molecule has 1 aliphatic rings. The molecule has 1 aliphatic carbocycles. The Morgan fingerprint density at radius 1 is 1.12 bits per heavy atom. The average molecular weight is 444 g/mol. The summed E-state index contributed by atoms with van der Waals surface area (Å²) >= 11 is 0. The Kier molecular flexibility index (Phi) is 10.5. The van der Waals surface area contributed by atoms with Gasteiger partial charge in [-0.25, -0.2) is 0 Å². The third-order valence-electron chi connectivity index (χ3n) is 3.82. The first-order valence-electron chi connectivity index (χ1n) is 8.56. The van der Waals surface area contributed by atoms with E-state index in [0.717, 1.165) is 51.2 Å². The fourth-order valence-electron chi connectivity index (χ4n) is 2.35. The first-order chi connectivity index (χ1) is 11.3. The van der Waals surface area contributed by atoms with Crippen LogP contribution in [0.1, 0.15) is 37.7 Å². The van der Waals surface area contributed by atoms with Crippen LogP contribution in [0.2, 0.25) is 0 Å². The summed E-state index contributed by atoms with van der Waals surface area (Å²) in [6.45, 7) is 1.65. The highest BCUT2D eigenvalue weighted by Gasteiger charge is 2.22. The van der Waals surface area contributed by atoms with Crippen LogP contribution in [-0.4, -0.2) is 38.0 Å². The summed E-state index contributed by atoms with van der Waals surface area (Å²) in [6, 6.07) is 10.9. The van der Waals surface area contributed by atoms with Crippen molar-refractivity contribution < 1.29 is 4.79 Å². The molecule has 0 unspecified atom stereocenters. The zero-order chi connectivity index (χ0) is 16.3. The highest BCUT2D eigenvalue weighted by molar-refractivity contribution is 14.0. The van der Waals surface area contributed by atoms with E-state index in [-0.39, 0.29) is 29.9 Å². The van der Waals surface area contributed by atoms with E-state index < -0.39 is 0 Å². The van der Waals surface area contributed by atoms with Crippen molar-refractivity contribution in [1.82, 2.24) is 16.0 Å². The summed E-state index contributed by atoms with van der Waals surface area (Å²) < 4.78 is 0. The fourth-order valence-corrected chi connectivity index (χ4v) is 2.35. The Hall–Kier alpha value is -1.31. The first kappa shape index (κ1) is 20.7. The zero-order valence-electron chi connectivity index (χ0n) is 14.4. The molecule has 0 aromatic heterocycles. The predicted octanol–water partition coefficient (Wildman–Crippen LogP) is 2.46. The van der Waals surface area contributed by atoms with Gasteiger partial charge in [0.1, 0.15) is 0 Å². The minimum atomic E-state index is 0. The lowest BCUT2D eigenvalue weighted by Gasteiger charge is -2.11. The quantitative estimate of drug-likeness (QED) is 0.237. The van der Waals surface area contributed by atoms with Gasteiger partial charge in [-0.05, 0) is 37.7 Å². The number of carbonyl (C=O) groups is 1. The molecule has 5 nitrogen and oxygen atoms in total. The Balaban J connectivity index is 0.00000288. The molecule has 0 bridgehead atoms. The van der Waals surface area contributed by atoms with Gasteiger partial charge < -0.3 is 16.0 Å². The highest BCUT2D eigenvalue weighted by Crippen LogP contribution is 2.18. The summed E-state index contributed by atoms with van der Waals surface area (Å²) in [7, 11) is 1.77. The lowest BCUT2D eigenvalue weighted by atomic mass is 10.1. The third kappa shape index (κ3) is 9.10. The minimum absolute atomic E-state index is 0. The van der Waals surface area contributed by atoms with Crippen molar-refractivity contribution in [3.05, 3.63) is 35.9 Å². The molecule has 24 heavy (non-hydrogen) atoms. The molecule has 1 saturated carbocycles. The van der Waals surface area contributed by atoms with E-state index in [1.165, 1.54) is 5.56 Å². The number of amides is 1. The smallest absolute Gasteiger partial charge is 0.220 e. The number of hydrogen-bond acceptors (Lipinski definition) is 2. The molecule has 134 valence electrons. The summed E-state index contributed by atoms with van der Waals surface area (Å²) in [6.07, 6.45) is 5.81. The lowest BCUT2D eigenvalue weighted by molar-refractivity contribution is -0.121. The largest absolute Gasteiger partial charge is 0.356 e. The fraction of sp³-hybridized carbons (Fsp3) is 0.556. The second kappa shape index (κ2) is 12.1. The van der Waals surface area contributed by atoms with Crippen LogP contribution in [0.15, 0.2) is 35.3 Å². The van der Waals surface area contributed by atoms with Crippen molar-refractivity contribution in [2.24, 2.45) is 4.99 Å². The van der Waals surface area contributed by atoms with Crippen molar-refractivity contribution in [2.75, 3.05) is 20.1 Å². The molecule has 1 aromatic rings. The van der Waals surface area contributed by atoms with Crippen LogP contribution in [-0.2, 0) is 11.2 Å². The van der Waals surface area contributed by atoms with Gasteiger partial charge in [0.2, 0.25) is 5.91 Å². The molecule has 0 saturated heterocycles. The van der Waals surface area contributed by atoms with Gasteiger partial charge in [-0.15, -0.1) is 24.0 Å². The maximum atomic E-state index is 11.6. The highest BCUT2D eigenvalue weighted by atomic mass is 127. The Labute approximate surface area is 162 Å². The molecule has 1 aromatic carbocycles. The van der Waals surface area contributed by atoms with Gasteiger partial charge in [-0.3, -0.25) is 9.79 Å². The third-order valence-corrected chi connectivity index (χ3v) is 3.82. The summed E-state index contributed by atoms with van der Waals surface area (Å²) in [5, 5.41) is 9.56. The van der Waals surface area contributed by atoms with E-state index >= 15 is 0 Å². The molecule has 1 amide bonds. The number of aryl methyl sites for hydroxylation is 1. The van der Waals surface area contributed by atoms with Gasteiger partial charge >= 0.3 is 0 Å². The second-order valence-corrected chi connectivity index (χ2v) is 5.96. The number of aliphatic imine (C=N–C) groups is 1. The number of rotatable bonds is 9. The minimum Gasteiger partial charge on any atom is -0.356 e. The Bertz CT molecular complexity index is 503. The number of nitrogens with one attached hydrogen (secondary N) is 3. The average Bonchev–Trinajstić information content (AvgIpc) is 3.38. The number of carbonyl (C=O) groups excluding carboxylic acids is 1. The number of guanidine groups is 1. The molecular formula is C18H29IN4O. The van der Waals surface area contributed by atoms with Gasteiger partial charge in [0.15, 0.2) is 5.96 Å². The van der Waals surface area contributed by atoms with Crippen LogP contribution in [0.4, 0.5) is 0 Å². The van der Waals surface area contributed by atoms with Crippen molar-refractivity contribution in [1.29, 1.82) is 0 Å². The maximum absolute atomic E-state index is 11.6. The van der Waals surface area contributed by atoms with Crippen LogP contribution in [0, 0.1) is 0 Å². The Morgan fingerprint density at radius 2 is 1.79 bits per heavy atom. The zero-order valence-corrected chi connectivity index (χ0v) is 16.7. The van der Waals surface area contributed by atoms with Crippen molar-refractivity contribution >= 4 is 35.8 Å². The molecule has 2 rings (SSSR count). The summed E-state index contributed by atoms with van der Waals surface area (Å²) in [5.41, 5.74) is 1.36. The van der Waals surface area contributed by atoms with E-state index in [9.17, 15) is 4.79 Å². The van der Waals surface area contributed by atoms with Gasteiger partial charge in [0.25, 0.3) is 0 Å². The van der Waals surface area contributed by atoms with Crippen LogP contribution < -0.4 is 16.0 Å². The van der Waals surface area contributed by atoms with Crippen LogP contribution >= 0.6 is 24.0 Å². The lowest BCUT2D eigenvalue weighted by Crippen LogP contribution is -2.38. The topological polar surface area (TPSA) is 65.5 Å². The van der Waals surface area contributed by atoms with Gasteiger partial charge in [0.05, 0.1) is 0 Å². The standard InChI is InChI=1S/C18H28N4O.HI/c1-19-18(20-13-5-9-15-7-3-2-4-8-15)21-14-6-10-17(23)22-16-11-12-16;/h2-4,7-8,16H,5-6,9-14H2,1H3,(H,22,23)(H2,19,20,21);1H. The molecule has 0 atom stereocenters. The van der Waals surface area contributed by atoms with Crippen molar-refractivity contribution in [3.63, 3.8) is 0 Å². The normalized spacial score (nSPS) is 13.8. The monoisotopic (exact) mass is 444 g/mol. The molecule has 0 heterocycles. The number of halogens is 1. The van der Waals surface area contributed by atoms with Crippen molar-refractivity contribution in [3.8, 4) is 0 Å². The van der Waals surface area contributed by atoms with Gasteiger partial charge in [-0.1, -0.05) is 30.3 Å². The molecule has 3 N–H and O–H groups in total. The van der Waals surface area contributed by atoms with E-state index in [1.54, 1.807) is 7.05 Å². The maximum Gasteiger partial charge on any atom is 0.220 e. The number of benzene rings is 1. The van der Waals surface area contributed by atoms with Crippen LogP contribution in [0.5, 0.6) is 0 Å². The van der Waals surface area contributed by atoms with E-state index in [0.29, 0.717) is 12.5 Å².